The van der Waals surface area contributed by atoms with Crippen LogP contribution >= 0.6 is 11.3 Å². The summed E-state index contributed by atoms with van der Waals surface area (Å²) in [7, 11) is 0. The third kappa shape index (κ3) is 4.73. The van der Waals surface area contributed by atoms with Gasteiger partial charge in [-0.05, 0) is 36.1 Å². The highest BCUT2D eigenvalue weighted by Gasteiger charge is 2.44. The molecule has 4 rings (SSSR count). The molecule has 1 heterocycles. The normalized spacial score (nSPS) is 14.6. The lowest BCUT2D eigenvalue weighted by Gasteiger charge is -2.13. The summed E-state index contributed by atoms with van der Waals surface area (Å²) in [6.07, 6.45) is -3.56. The van der Waals surface area contributed by atoms with Gasteiger partial charge in [-0.2, -0.15) is 18.4 Å². The van der Waals surface area contributed by atoms with E-state index in [4.69, 9.17) is 5.26 Å². The van der Waals surface area contributed by atoms with Gasteiger partial charge in [0.05, 0.1) is 34.8 Å². The van der Waals surface area contributed by atoms with E-state index in [9.17, 15) is 22.8 Å². The van der Waals surface area contributed by atoms with Gasteiger partial charge in [-0.1, -0.05) is 30.3 Å². The molecule has 164 valence electrons. The number of fused-ring (bicyclic) bond motifs is 1. The Balaban J connectivity index is 1.50. The Hall–Kier alpha value is -3.45. The standard InChI is InChI=1S/C22H17F3N4O2S/c23-22(24,25)15-9-16-17(8-14(15)13-4-2-1-3-5-13)32-20(28-16)10-18(30)27-11-19(31)29-21(12-26)6-7-21/h1-5,8-9H,6-7,10-11H2,(H,27,30)(H,29,31). The maximum Gasteiger partial charge on any atom is 0.417 e. The van der Waals surface area contributed by atoms with Gasteiger partial charge in [0.25, 0.3) is 0 Å². The smallest absolute Gasteiger partial charge is 0.347 e. The van der Waals surface area contributed by atoms with Crippen molar-refractivity contribution < 1.29 is 22.8 Å². The monoisotopic (exact) mass is 458 g/mol. The molecule has 0 aliphatic heterocycles. The van der Waals surface area contributed by atoms with E-state index in [0.29, 0.717) is 28.1 Å². The van der Waals surface area contributed by atoms with Gasteiger partial charge in [0.2, 0.25) is 11.8 Å². The number of hydrogen-bond acceptors (Lipinski definition) is 5. The number of amides is 2. The highest BCUT2D eigenvalue weighted by atomic mass is 32.1. The Bertz CT molecular complexity index is 1230. The van der Waals surface area contributed by atoms with Crippen LogP contribution in [0.3, 0.4) is 0 Å². The van der Waals surface area contributed by atoms with E-state index >= 15 is 0 Å². The molecular weight excluding hydrogens is 441 g/mol. The third-order valence-corrected chi connectivity index (χ3v) is 6.08. The second-order valence-corrected chi connectivity index (χ2v) is 8.65. The molecule has 0 radical (unpaired) electrons. The van der Waals surface area contributed by atoms with E-state index in [1.54, 1.807) is 30.3 Å². The minimum absolute atomic E-state index is 0.0495. The van der Waals surface area contributed by atoms with Crippen molar-refractivity contribution in [3.63, 3.8) is 0 Å². The zero-order valence-corrected chi connectivity index (χ0v) is 17.4. The molecule has 32 heavy (non-hydrogen) atoms. The fourth-order valence-electron chi connectivity index (χ4n) is 3.27. The van der Waals surface area contributed by atoms with Crippen molar-refractivity contribution >= 4 is 33.4 Å². The number of alkyl halides is 3. The van der Waals surface area contributed by atoms with Crippen LogP contribution < -0.4 is 10.6 Å². The summed E-state index contributed by atoms with van der Waals surface area (Å²) in [5.74, 6) is -0.954. The van der Waals surface area contributed by atoms with Crippen molar-refractivity contribution in [3.8, 4) is 17.2 Å². The molecule has 1 fully saturated rings. The maximum absolute atomic E-state index is 13.7. The SMILES string of the molecule is N#CC1(NC(=O)CNC(=O)Cc2nc3cc(C(F)(F)F)c(-c4ccccc4)cc3s2)CC1. The van der Waals surface area contributed by atoms with Crippen molar-refractivity contribution in [2.45, 2.75) is 31.0 Å². The van der Waals surface area contributed by atoms with E-state index in [0.717, 1.165) is 17.4 Å². The van der Waals surface area contributed by atoms with Crippen LogP contribution in [-0.4, -0.2) is 28.9 Å². The third-order valence-electron chi connectivity index (χ3n) is 5.06. The summed E-state index contributed by atoms with van der Waals surface area (Å²) in [4.78, 5) is 28.2. The summed E-state index contributed by atoms with van der Waals surface area (Å²) in [6.45, 7) is -0.288. The fraction of sp³-hybridized carbons (Fsp3) is 0.273. The topological polar surface area (TPSA) is 94.9 Å². The van der Waals surface area contributed by atoms with Gasteiger partial charge in [-0.15, -0.1) is 11.3 Å². The van der Waals surface area contributed by atoms with E-state index in [1.807, 2.05) is 6.07 Å². The van der Waals surface area contributed by atoms with Crippen LogP contribution in [-0.2, 0) is 22.2 Å². The van der Waals surface area contributed by atoms with Gasteiger partial charge in [-0.25, -0.2) is 4.98 Å². The summed E-state index contributed by atoms with van der Waals surface area (Å²) >= 11 is 1.13. The Morgan fingerprint density at radius 2 is 1.88 bits per heavy atom. The number of rotatable bonds is 6. The lowest BCUT2D eigenvalue weighted by atomic mass is 9.99. The number of thiazole rings is 1. The Morgan fingerprint density at radius 1 is 1.16 bits per heavy atom. The van der Waals surface area contributed by atoms with Crippen LogP contribution in [0.1, 0.15) is 23.4 Å². The molecule has 0 atom stereocenters. The van der Waals surface area contributed by atoms with Crippen molar-refractivity contribution in [2.24, 2.45) is 0 Å². The number of nitriles is 1. The number of hydrogen-bond donors (Lipinski definition) is 2. The predicted octanol–water partition coefficient (Wildman–Crippen LogP) is 3.81. The van der Waals surface area contributed by atoms with Gasteiger partial charge < -0.3 is 10.6 Å². The van der Waals surface area contributed by atoms with E-state index in [-0.39, 0.29) is 24.0 Å². The zero-order valence-electron chi connectivity index (χ0n) is 16.6. The number of benzene rings is 2. The molecule has 2 amide bonds. The van der Waals surface area contributed by atoms with E-state index < -0.39 is 29.1 Å². The largest absolute Gasteiger partial charge is 0.417 e. The van der Waals surface area contributed by atoms with Gasteiger partial charge in [-0.3, -0.25) is 9.59 Å². The van der Waals surface area contributed by atoms with Crippen molar-refractivity contribution in [2.75, 3.05) is 6.54 Å². The molecule has 1 aromatic heterocycles. The molecule has 2 N–H and O–H groups in total. The van der Waals surface area contributed by atoms with Crippen LogP contribution in [0.15, 0.2) is 42.5 Å². The first-order chi connectivity index (χ1) is 15.2. The number of carbonyl (C=O) groups is 2. The molecule has 3 aromatic rings. The van der Waals surface area contributed by atoms with Crippen LogP contribution in [0.5, 0.6) is 0 Å². The summed E-state index contributed by atoms with van der Waals surface area (Å²) < 4.78 is 41.5. The summed E-state index contributed by atoms with van der Waals surface area (Å²) in [5.41, 5.74) is -0.964. The lowest BCUT2D eigenvalue weighted by molar-refractivity contribution is -0.137. The molecule has 6 nitrogen and oxygen atoms in total. The Morgan fingerprint density at radius 3 is 2.50 bits per heavy atom. The molecule has 1 saturated carbocycles. The molecular formula is C22H17F3N4O2S. The average Bonchev–Trinajstić information content (AvgIpc) is 3.41. The minimum atomic E-state index is -4.56. The fourth-order valence-corrected chi connectivity index (χ4v) is 4.25. The minimum Gasteiger partial charge on any atom is -0.347 e. The second-order valence-electron chi connectivity index (χ2n) is 7.53. The van der Waals surface area contributed by atoms with Crippen molar-refractivity contribution in [1.29, 1.82) is 5.26 Å². The van der Waals surface area contributed by atoms with Crippen molar-refractivity contribution in [1.82, 2.24) is 15.6 Å². The molecule has 0 bridgehead atoms. The lowest BCUT2D eigenvalue weighted by Crippen LogP contribution is -2.43. The van der Waals surface area contributed by atoms with Crippen LogP contribution in [0.25, 0.3) is 21.3 Å². The first-order valence-electron chi connectivity index (χ1n) is 9.74. The first kappa shape index (κ1) is 21.8. The summed E-state index contributed by atoms with van der Waals surface area (Å²) in [5, 5.41) is 14.3. The first-order valence-corrected chi connectivity index (χ1v) is 10.6. The molecule has 1 aliphatic rings. The zero-order chi connectivity index (χ0) is 22.9. The molecule has 0 saturated heterocycles. The number of nitrogens with one attached hydrogen (secondary N) is 2. The molecule has 1 aliphatic carbocycles. The number of carbonyl (C=O) groups excluding carboxylic acids is 2. The molecule has 10 heteroatoms. The van der Waals surface area contributed by atoms with Crippen LogP contribution in [0.4, 0.5) is 13.2 Å². The van der Waals surface area contributed by atoms with Gasteiger partial charge in [0.15, 0.2) is 0 Å². The summed E-state index contributed by atoms with van der Waals surface area (Å²) in [6, 6.07) is 12.7. The van der Waals surface area contributed by atoms with E-state index in [2.05, 4.69) is 15.6 Å². The van der Waals surface area contributed by atoms with Crippen LogP contribution in [0, 0.1) is 11.3 Å². The van der Waals surface area contributed by atoms with E-state index in [1.165, 1.54) is 6.07 Å². The highest BCUT2D eigenvalue weighted by Crippen LogP contribution is 2.40. The quantitative estimate of drug-likeness (QED) is 0.587. The van der Waals surface area contributed by atoms with Gasteiger partial charge in [0, 0.05) is 0 Å². The molecule has 0 unspecified atom stereocenters. The maximum atomic E-state index is 13.7. The van der Waals surface area contributed by atoms with Crippen molar-refractivity contribution in [3.05, 3.63) is 53.0 Å². The molecule has 2 aromatic carbocycles. The number of aromatic nitrogens is 1. The predicted molar refractivity (Wildman–Crippen MR) is 112 cm³/mol. The van der Waals surface area contributed by atoms with Gasteiger partial charge in [0.1, 0.15) is 10.5 Å². The van der Waals surface area contributed by atoms with Gasteiger partial charge >= 0.3 is 6.18 Å². The Labute approximate surface area is 185 Å². The average molecular weight is 458 g/mol. The molecule has 0 spiro atoms. The number of nitrogens with zero attached hydrogens (tertiary/aromatic N) is 2. The van der Waals surface area contributed by atoms with Crippen LogP contribution in [0.2, 0.25) is 0 Å². The number of halogens is 3. The highest BCUT2D eigenvalue weighted by molar-refractivity contribution is 7.18. The Kier molecular flexibility index (Phi) is 5.60. The second kappa shape index (κ2) is 8.24.